The highest BCUT2D eigenvalue weighted by atomic mass is 79.9. The van der Waals surface area contributed by atoms with E-state index in [0.29, 0.717) is 21.3 Å². The SMILES string of the molecule is N=c1scc(-c2ccc(S(=O)(=O)CC(=O)O)cc2)n1Cc1ccc(CP(=O)(OF)OF)c(Br)c1. The zero-order valence-corrected chi connectivity index (χ0v) is 21.1. The Bertz CT molecular complexity index is 1420. The number of halogens is 3. The first-order chi connectivity index (χ1) is 16.0. The van der Waals surface area contributed by atoms with Gasteiger partial charge in [0.15, 0.2) is 20.4 Å². The first-order valence-corrected chi connectivity index (χ1v) is 14.3. The first-order valence-electron chi connectivity index (χ1n) is 9.23. The highest BCUT2D eigenvalue weighted by molar-refractivity contribution is 9.10. The largest absolute Gasteiger partial charge is 0.480 e. The number of carboxylic acid groups (broad SMARTS) is 1. The third-order valence-electron chi connectivity index (χ3n) is 4.67. The average molecular weight is 597 g/mol. The van der Waals surface area contributed by atoms with Gasteiger partial charge in [-0.25, -0.2) is 8.42 Å². The second-order valence-electron chi connectivity index (χ2n) is 7.02. The Kier molecular flexibility index (Phi) is 8.22. The van der Waals surface area contributed by atoms with Crippen molar-refractivity contribution < 1.29 is 41.4 Å². The van der Waals surface area contributed by atoms with Gasteiger partial charge >= 0.3 is 13.6 Å². The fourth-order valence-electron chi connectivity index (χ4n) is 3.08. The van der Waals surface area contributed by atoms with Crippen LogP contribution >= 0.6 is 34.9 Å². The van der Waals surface area contributed by atoms with E-state index in [1.54, 1.807) is 22.1 Å². The second kappa shape index (κ2) is 10.6. The van der Waals surface area contributed by atoms with Crippen LogP contribution in [0.2, 0.25) is 0 Å². The van der Waals surface area contributed by atoms with Gasteiger partial charge in [0, 0.05) is 9.85 Å². The van der Waals surface area contributed by atoms with Gasteiger partial charge in [0.2, 0.25) is 0 Å². The molecule has 1 aromatic heterocycles. The molecule has 0 saturated carbocycles. The predicted molar refractivity (Wildman–Crippen MR) is 122 cm³/mol. The maximum absolute atomic E-state index is 12.4. The fraction of sp³-hybridized carbons (Fsp3) is 0.158. The van der Waals surface area contributed by atoms with Gasteiger partial charge in [-0.3, -0.25) is 14.8 Å². The van der Waals surface area contributed by atoms with Crippen molar-refractivity contribution in [2.75, 3.05) is 5.75 Å². The molecule has 0 amide bonds. The predicted octanol–water partition coefficient (Wildman–Crippen LogP) is 4.86. The average Bonchev–Trinajstić information content (AvgIpc) is 3.15. The molecule has 0 radical (unpaired) electrons. The van der Waals surface area contributed by atoms with E-state index in [-0.39, 0.29) is 21.8 Å². The van der Waals surface area contributed by atoms with Crippen LogP contribution in [0.25, 0.3) is 11.3 Å². The number of nitrogens with one attached hydrogen (secondary N) is 1. The summed E-state index contributed by atoms with van der Waals surface area (Å²) in [5.41, 5.74) is 2.22. The van der Waals surface area contributed by atoms with Crippen molar-refractivity contribution in [3.05, 3.63) is 68.2 Å². The number of thiazole rings is 1. The number of hydrogen-bond acceptors (Lipinski definition) is 8. The van der Waals surface area contributed by atoms with Crippen molar-refractivity contribution in [1.82, 2.24) is 4.57 Å². The Morgan fingerprint density at radius 1 is 1.18 bits per heavy atom. The summed E-state index contributed by atoms with van der Waals surface area (Å²) in [5, 5.41) is 18.7. The van der Waals surface area contributed by atoms with Crippen molar-refractivity contribution in [3.63, 3.8) is 0 Å². The molecule has 2 aromatic carbocycles. The van der Waals surface area contributed by atoms with E-state index < -0.39 is 35.3 Å². The fourth-order valence-corrected chi connectivity index (χ4v) is 6.49. The van der Waals surface area contributed by atoms with Crippen LogP contribution in [0.1, 0.15) is 11.1 Å². The third-order valence-corrected chi connectivity index (χ3v) is 8.96. The van der Waals surface area contributed by atoms with Gasteiger partial charge in [-0.2, -0.15) is 0 Å². The number of carboxylic acids is 1. The molecule has 0 spiro atoms. The number of benzene rings is 2. The molecule has 1 heterocycles. The summed E-state index contributed by atoms with van der Waals surface area (Å²) in [5.74, 6) is -2.47. The highest BCUT2D eigenvalue weighted by Gasteiger charge is 2.29. The minimum Gasteiger partial charge on any atom is -0.480 e. The lowest BCUT2D eigenvalue weighted by Crippen LogP contribution is -2.16. The number of nitrogens with zero attached hydrogens (tertiary/aromatic N) is 1. The molecule has 0 aliphatic heterocycles. The molecule has 3 aromatic rings. The zero-order chi connectivity index (χ0) is 25.1. The lowest BCUT2D eigenvalue weighted by Gasteiger charge is -2.12. The van der Waals surface area contributed by atoms with Gasteiger partial charge in [-0.05, 0) is 43.9 Å². The summed E-state index contributed by atoms with van der Waals surface area (Å²) in [6, 6.07) is 10.4. The molecule has 0 fully saturated rings. The topological polar surface area (TPSA) is 136 Å². The molecule has 0 saturated heterocycles. The number of carbonyl (C=O) groups is 1. The van der Waals surface area contributed by atoms with Crippen LogP contribution in [-0.4, -0.2) is 29.8 Å². The minimum absolute atomic E-state index is 0.127. The minimum atomic E-state index is -4.55. The number of aromatic nitrogens is 1. The van der Waals surface area contributed by atoms with Crippen molar-refractivity contribution in [2.45, 2.75) is 17.6 Å². The standard InChI is InChI=1S/C19H16BrF2N2O7PS2/c20-16-7-12(1-2-14(16)9-32(27,30-21)31-22)8-24-17(10-33-19(24)23)13-3-5-15(6-4-13)34(28,29)11-18(25)26/h1-7,10,23H,8-9,11H2,(H,25,26). The number of rotatable bonds is 10. The van der Waals surface area contributed by atoms with E-state index in [4.69, 9.17) is 10.5 Å². The van der Waals surface area contributed by atoms with Crippen LogP contribution in [0.3, 0.4) is 0 Å². The Morgan fingerprint density at radius 3 is 2.38 bits per heavy atom. The molecular formula is C19H16BrF2N2O7PS2. The summed E-state index contributed by atoms with van der Waals surface area (Å²) < 4.78 is 68.9. The monoisotopic (exact) mass is 596 g/mol. The van der Waals surface area contributed by atoms with Crippen molar-refractivity contribution >= 4 is 50.7 Å². The van der Waals surface area contributed by atoms with E-state index in [1.165, 1.54) is 30.3 Å². The van der Waals surface area contributed by atoms with E-state index in [2.05, 4.69) is 25.4 Å². The summed E-state index contributed by atoms with van der Waals surface area (Å²) >= 11 is 4.41. The molecule has 0 aliphatic carbocycles. The summed E-state index contributed by atoms with van der Waals surface area (Å²) in [7, 11) is -8.52. The molecule has 0 aliphatic rings. The van der Waals surface area contributed by atoms with Crippen LogP contribution < -0.4 is 4.80 Å². The van der Waals surface area contributed by atoms with Gasteiger partial charge in [0.05, 0.1) is 23.3 Å². The van der Waals surface area contributed by atoms with Crippen molar-refractivity contribution in [3.8, 4) is 11.3 Å². The van der Waals surface area contributed by atoms with Gasteiger partial charge in [0.25, 0.3) is 0 Å². The normalized spacial score (nSPS) is 12.1. The molecule has 34 heavy (non-hydrogen) atoms. The molecule has 15 heteroatoms. The van der Waals surface area contributed by atoms with E-state index in [9.17, 15) is 26.8 Å². The summed E-state index contributed by atoms with van der Waals surface area (Å²) in [4.78, 5) is 10.9. The van der Waals surface area contributed by atoms with Crippen molar-refractivity contribution in [1.29, 1.82) is 5.41 Å². The maximum atomic E-state index is 12.4. The molecule has 0 bridgehead atoms. The second-order valence-corrected chi connectivity index (χ2v) is 12.5. The quantitative estimate of drug-likeness (QED) is 0.319. The lowest BCUT2D eigenvalue weighted by molar-refractivity contribution is -0.134. The van der Waals surface area contributed by atoms with Crippen LogP contribution in [0.15, 0.2) is 57.2 Å². The van der Waals surface area contributed by atoms with Crippen LogP contribution in [0, 0.1) is 5.41 Å². The molecule has 9 nitrogen and oxygen atoms in total. The van der Waals surface area contributed by atoms with E-state index in [1.807, 2.05) is 0 Å². The Morgan fingerprint density at radius 2 is 1.82 bits per heavy atom. The smallest absolute Gasteiger partial charge is 0.399 e. The highest BCUT2D eigenvalue weighted by Crippen LogP contribution is 2.53. The van der Waals surface area contributed by atoms with Gasteiger partial charge < -0.3 is 9.67 Å². The van der Waals surface area contributed by atoms with Crippen LogP contribution in [-0.2, 0) is 41.4 Å². The van der Waals surface area contributed by atoms with E-state index >= 15 is 0 Å². The maximum Gasteiger partial charge on any atom is 0.399 e. The summed E-state index contributed by atoms with van der Waals surface area (Å²) in [6.07, 6.45) is -0.640. The molecule has 2 N–H and O–H groups in total. The van der Waals surface area contributed by atoms with Gasteiger partial charge in [0.1, 0.15) is 0 Å². The molecule has 0 unspecified atom stereocenters. The lowest BCUT2D eigenvalue weighted by atomic mass is 10.1. The van der Waals surface area contributed by atoms with Crippen LogP contribution in [0.5, 0.6) is 0 Å². The number of aliphatic carboxylic acids is 1. The Labute approximate surface area is 204 Å². The van der Waals surface area contributed by atoms with Crippen LogP contribution in [0.4, 0.5) is 9.05 Å². The third kappa shape index (κ3) is 6.06. The summed E-state index contributed by atoms with van der Waals surface area (Å²) in [6.45, 7) is 0.229. The molecular weight excluding hydrogens is 581 g/mol. The molecule has 3 rings (SSSR count). The number of sulfone groups is 1. The van der Waals surface area contributed by atoms with Gasteiger partial charge in [-0.1, -0.05) is 40.2 Å². The molecule has 182 valence electrons. The molecule has 0 atom stereocenters. The Hall–Kier alpha value is -2.22. The van der Waals surface area contributed by atoms with Crippen molar-refractivity contribution in [2.24, 2.45) is 0 Å². The number of hydrogen-bond donors (Lipinski definition) is 2. The van der Waals surface area contributed by atoms with Gasteiger partial charge in [-0.15, -0.1) is 20.8 Å². The first kappa shape index (κ1) is 26.4. The Balaban J connectivity index is 1.87. The van der Waals surface area contributed by atoms with E-state index in [0.717, 1.165) is 11.3 Å². The zero-order valence-electron chi connectivity index (χ0n) is 17.0.